The van der Waals surface area contributed by atoms with Crippen LogP contribution in [0.2, 0.25) is 0 Å². The van der Waals surface area contributed by atoms with Crippen LogP contribution in [0.25, 0.3) is 0 Å². The Morgan fingerprint density at radius 1 is 1.14 bits per heavy atom. The molecule has 0 spiro atoms. The fraction of sp³-hybridized carbons (Fsp3) is 0.481. The molecule has 36 heavy (non-hydrogen) atoms. The van der Waals surface area contributed by atoms with Crippen molar-refractivity contribution in [2.45, 2.75) is 43.8 Å². The predicted molar refractivity (Wildman–Crippen MR) is 129 cm³/mol. The van der Waals surface area contributed by atoms with Gasteiger partial charge in [-0.05, 0) is 36.2 Å². The Morgan fingerprint density at radius 3 is 2.58 bits per heavy atom. The minimum absolute atomic E-state index is 0.0565. The zero-order chi connectivity index (χ0) is 25.2. The molecule has 2 aromatic carbocycles. The lowest BCUT2D eigenvalue weighted by molar-refractivity contribution is -0.132. The fourth-order valence-electron chi connectivity index (χ4n) is 4.88. The minimum Gasteiger partial charge on any atom is -0.493 e. The van der Waals surface area contributed by atoms with Gasteiger partial charge < -0.3 is 24.0 Å². The van der Waals surface area contributed by atoms with Crippen molar-refractivity contribution in [1.29, 1.82) is 0 Å². The van der Waals surface area contributed by atoms with E-state index in [1.807, 2.05) is 18.2 Å². The van der Waals surface area contributed by atoms with E-state index in [0.29, 0.717) is 30.3 Å². The van der Waals surface area contributed by atoms with Crippen LogP contribution < -0.4 is 14.4 Å². The fourth-order valence-corrected chi connectivity index (χ4v) is 4.88. The number of hydrogen-bond acceptors (Lipinski definition) is 5. The van der Waals surface area contributed by atoms with Crippen molar-refractivity contribution in [1.82, 2.24) is 4.90 Å². The van der Waals surface area contributed by atoms with Crippen molar-refractivity contribution in [2.75, 3.05) is 38.3 Å². The third-order valence-corrected chi connectivity index (χ3v) is 7.09. The Balaban J connectivity index is 1.27. The number of halogens is 2. The first-order valence-corrected chi connectivity index (χ1v) is 12.3. The van der Waals surface area contributed by atoms with Crippen molar-refractivity contribution in [3.8, 4) is 11.5 Å². The lowest BCUT2D eigenvalue weighted by atomic mass is 9.98. The summed E-state index contributed by atoms with van der Waals surface area (Å²) in [6.45, 7) is 0.810. The van der Waals surface area contributed by atoms with Gasteiger partial charge in [-0.15, -0.1) is 0 Å². The number of likely N-dealkylation sites (tertiary alicyclic amines) is 1. The molecule has 2 aromatic rings. The average Bonchev–Trinajstić information content (AvgIpc) is 3.25. The predicted octanol–water partition coefficient (Wildman–Crippen LogP) is 3.87. The second-order valence-electron chi connectivity index (χ2n) is 9.54. The highest BCUT2D eigenvalue weighted by atomic mass is 19.2. The number of carbonyl (C=O) groups excluding carboxylic acids is 2. The maximum absolute atomic E-state index is 13.6. The quantitative estimate of drug-likeness (QED) is 0.523. The highest BCUT2D eigenvalue weighted by molar-refractivity contribution is 5.97. The molecule has 1 aliphatic carbocycles. The number of anilines is 1. The second kappa shape index (κ2) is 10.4. The normalized spacial score (nSPS) is 27.2. The van der Waals surface area contributed by atoms with Gasteiger partial charge in [0, 0.05) is 43.5 Å². The smallest absolute Gasteiger partial charge is 0.246 e. The summed E-state index contributed by atoms with van der Waals surface area (Å²) in [5, 5.41) is 0. The van der Waals surface area contributed by atoms with Gasteiger partial charge in [0.1, 0.15) is 18.9 Å². The van der Waals surface area contributed by atoms with E-state index in [-0.39, 0.29) is 43.5 Å². The summed E-state index contributed by atoms with van der Waals surface area (Å²) in [4.78, 5) is 29.0. The number of rotatable bonds is 9. The number of para-hydroxylation sites is 1. The molecule has 3 unspecified atom stereocenters. The largest absolute Gasteiger partial charge is 0.493 e. The maximum Gasteiger partial charge on any atom is 0.246 e. The molecule has 2 aliphatic heterocycles. The Kier molecular flexibility index (Phi) is 7.09. The van der Waals surface area contributed by atoms with E-state index in [1.165, 1.54) is 9.80 Å². The lowest BCUT2D eigenvalue weighted by Crippen LogP contribution is -2.42. The summed E-state index contributed by atoms with van der Waals surface area (Å²) in [6.07, 6.45) is -1.43. The van der Waals surface area contributed by atoms with Crippen LogP contribution in [-0.2, 0) is 14.3 Å². The van der Waals surface area contributed by atoms with E-state index in [4.69, 9.17) is 14.2 Å². The summed E-state index contributed by atoms with van der Waals surface area (Å²) in [7, 11) is 1.57. The van der Waals surface area contributed by atoms with Crippen LogP contribution in [0.4, 0.5) is 14.5 Å². The molecular weight excluding hydrogens is 470 g/mol. The van der Waals surface area contributed by atoms with Crippen LogP contribution in [0.5, 0.6) is 11.5 Å². The van der Waals surface area contributed by atoms with E-state index in [9.17, 15) is 18.4 Å². The first-order valence-electron chi connectivity index (χ1n) is 12.3. The van der Waals surface area contributed by atoms with Crippen LogP contribution in [-0.4, -0.2) is 68.7 Å². The highest BCUT2D eigenvalue weighted by Gasteiger charge is 2.53. The van der Waals surface area contributed by atoms with Gasteiger partial charge >= 0.3 is 0 Å². The zero-order valence-corrected chi connectivity index (χ0v) is 20.1. The molecule has 1 saturated carbocycles. The Hall–Kier alpha value is -3.20. The highest BCUT2D eigenvalue weighted by Crippen LogP contribution is 2.40. The van der Waals surface area contributed by atoms with Crippen LogP contribution in [0, 0.1) is 5.92 Å². The number of hydrogen-bond donors (Lipinski definition) is 0. The number of benzene rings is 2. The van der Waals surface area contributed by atoms with E-state index < -0.39 is 18.3 Å². The lowest BCUT2D eigenvalue weighted by Gasteiger charge is -2.26. The molecule has 9 heteroatoms. The topological polar surface area (TPSA) is 68.3 Å². The van der Waals surface area contributed by atoms with Crippen LogP contribution >= 0.6 is 0 Å². The standard InChI is InChI=1S/C27H30F2N2O5/c1-34-21-10-9-17(12-22(21)36-25-8-5-11-35-25)18-13-23(32)30(14-18)16-24(33)31(15-20-26(28)27(20)29)19-6-3-2-4-7-19/h2-4,6-7,9-10,12,18,20,25-27H,5,8,11,13-16H2,1H3/t18-,20?,25?,26-,27?/m1/s1. The minimum atomic E-state index is -1.55. The summed E-state index contributed by atoms with van der Waals surface area (Å²) in [6, 6.07) is 14.4. The second-order valence-corrected chi connectivity index (χ2v) is 9.54. The number of carbonyl (C=O) groups is 2. The molecule has 3 aliphatic rings. The SMILES string of the molecule is COc1ccc([C@@H]2CC(=O)N(CC(=O)N(CC3C(F)[C@@H]3F)c3ccccc3)C2)cc1OC1CCCO1. The number of nitrogens with zero attached hydrogens (tertiary/aromatic N) is 2. The molecule has 192 valence electrons. The van der Waals surface area contributed by atoms with Crippen molar-refractivity contribution >= 4 is 17.5 Å². The van der Waals surface area contributed by atoms with Crippen LogP contribution in [0.1, 0.15) is 30.7 Å². The molecule has 0 radical (unpaired) electrons. The van der Waals surface area contributed by atoms with Crippen molar-refractivity contribution in [3.05, 3.63) is 54.1 Å². The van der Waals surface area contributed by atoms with Gasteiger partial charge in [-0.3, -0.25) is 9.59 Å². The molecule has 0 bridgehead atoms. The van der Waals surface area contributed by atoms with Gasteiger partial charge in [-0.2, -0.15) is 0 Å². The van der Waals surface area contributed by atoms with Gasteiger partial charge in [-0.25, -0.2) is 8.78 Å². The number of ether oxygens (including phenoxy) is 3. The number of amides is 2. The monoisotopic (exact) mass is 500 g/mol. The Labute approximate surface area is 208 Å². The molecule has 5 atom stereocenters. The zero-order valence-electron chi connectivity index (χ0n) is 20.1. The van der Waals surface area contributed by atoms with Gasteiger partial charge in [-0.1, -0.05) is 24.3 Å². The summed E-state index contributed by atoms with van der Waals surface area (Å²) < 4.78 is 44.2. The van der Waals surface area contributed by atoms with Crippen LogP contribution in [0.3, 0.4) is 0 Å². The van der Waals surface area contributed by atoms with Crippen molar-refractivity contribution < 1.29 is 32.6 Å². The Bertz CT molecular complexity index is 1090. The molecule has 7 nitrogen and oxygen atoms in total. The third kappa shape index (κ3) is 5.16. The molecule has 2 saturated heterocycles. The molecule has 2 heterocycles. The maximum atomic E-state index is 13.6. The van der Waals surface area contributed by atoms with Crippen molar-refractivity contribution in [3.63, 3.8) is 0 Å². The van der Waals surface area contributed by atoms with Gasteiger partial charge in [0.15, 0.2) is 17.8 Å². The van der Waals surface area contributed by atoms with E-state index in [0.717, 1.165) is 18.4 Å². The third-order valence-electron chi connectivity index (χ3n) is 7.09. The summed E-state index contributed by atoms with van der Waals surface area (Å²) in [5.41, 5.74) is 1.47. The van der Waals surface area contributed by atoms with Gasteiger partial charge in [0.2, 0.25) is 11.8 Å². The van der Waals surface area contributed by atoms with E-state index in [2.05, 4.69) is 0 Å². The first kappa shape index (κ1) is 24.5. The Morgan fingerprint density at radius 2 is 1.92 bits per heavy atom. The molecule has 0 aromatic heterocycles. The molecular formula is C27H30F2N2O5. The average molecular weight is 501 g/mol. The molecule has 2 amide bonds. The van der Waals surface area contributed by atoms with Gasteiger partial charge in [0.25, 0.3) is 0 Å². The summed E-state index contributed by atoms with van der Waals surface area (Å²) >= 11 is 0. The van der Waals surface area contributed by atoms with Crippen molar-refractivity contribution in [2.24, 2.45) is 5.92 Å². The van der Waals surface area contributed by atoms with E-state index >= 15 is 0 Å². The number of alkyl halides is 2. The molecule has 3 fully saturated rings. The number of methoxy groups -OCH3 is 1. The van der Waals surface area contributed by atoms with E-state index in [1.54, 1.807) is 37.4 Å². The summed E-state index contributed by atoms with van der Waals surface area (Å²) in [5.74, 6) is -0.318. The van der Waals surface area contributed by atoms with Crippen LogP contribution in [0.15, 0.2) is 48.5 Å². The molecule has 5 rings (SSSR count). The first-order chi connectivity index (χ1) is 17.4. The molecule has 0 N–H and O–H groups in total. The van der Waals surface area contributed by atoms with Gasteiger partial charge in [0.05, 0.1) is 13.7 Å².